The van der Waals surface area contributed by atoms with E-state index in [1.807, 2.05) is 29.6 Å². The van der Waals surface area contributed by atoms with Crippen LogP contribution in [0.25, 0.3) is 10.2 Å². The van der Waals surface area contributed by atoms with Crippen molar-refractivity contribution >= 4 is 45.1 Å². The number of unbranched alkanes of at least 4 members (excludes halogenated alkanes) is 2. The second-order valence-corrected chi connectivity index (χ2v) is 11.8. The normalized spacial score (nSPS) is 11.1. The Kier molecular flexibility index (Phi) is 12.8. The van der Waals surface area contributed by atoms with Crippen LogP contribution < -0.4 is 25.7 Å². The highest BCUT2D eigenvalue weighted by Gasteiger charge is 2.14. The predicted octanol–water partition coefficient (Wildman–Crippen LogP) is 4.65. The van der Waals surface area contributed by atoms with Crippen molar-refractivity contribution in [3.8, 4) is 11.5 Å². The van der Waals surface area contributed by atoms with E-state index in [9.17, 15) is 14.4 Å². The minimum absolute atomic E-state index is 0.0130. The van der Waals surface area contributed by atoms with Crippen molar-refractivity contribution < 1.29 is 19.1 Å². The SMILES string of the molecule is COc1ccc(CCNC(=O)CCCCCn2c(SCC(=O)NCCC(C)C)nc3ccsc3c2=O)cc1OC. The molecule has 0 atom stereocenters. The molecule has 0 radical (unpaired) electrons. The number of ether oxygens (including phenoxy) is 2. The Labute approximate surface area is 244 Å². The van der Waals surface area contributed by atoms with Crippen LogP contribution in [-0.2, 0) is 22.6 Å². The molecule has 0 aliphatic heterocycles. The van der Waals surface area contributed by atoms with E-state index < -0.39 is 0 Å². The molecule has 3 aromatic rings. The standard InChI is InChI=1S/C29H40N4O5S2/c1-20(2)11-14-31-26(35)19-40-29-32-22-13-17-39-27(22)28(36)33(29)16-7-5-6-8-25(34)30-15-12-21-9-10-23(37-3)24(18-21)38-4/h9-10,13,17-18,20H,5-8,11-12,14-16,19H2,1-4H3,(H,30,34)(H,31,35). The van der Waals surface area contributed by atoms with E-state index in [-0.39, 0.29) is 23.1 Å². The van der Waals surface area contributed by atoms with Crippen molar-refractivity contribution in [2.75, 3.05) is 33.1 Å². The summed E-state index contributed by atoms with van der Waals surface area (Å²) in [5.41, 5.74) is 1.65. The molecule has 2 N–H and O–H groups in total. The minimum atomic E-state index is -0.0735. The molecule has 1 aromatic carbocycles. The summed E-state index contributed by atoms with van der Waals surface area (Å²) in [7, 11) is 3.20. The van der Waals surface area contributed by atoms with E-state index in [4.69, 9.17) is 9.47 Å². The van der Waals surface area contributed by atoms with Crippen LogP contribution in [0.1, 0.15) is 51.5 Å². The van der Waals surface area contributed by atoms with Gasteiger partial charge in [-0.15, -0.1) is 11.3 Å². The fourth-order valence-electron chi connectivity index (χ4n) is 4.12. The fourth-order valence-corrected chi connectivity index (χ4v) is 5.75. The molecule has 218 valence electrons. The highest BCUT2D eigenvalue weighted by molar-refractivity contribution is 7.99. The molecular formula is C29H40N4O5S2. The third-order valence-electron chi connectivity index (χ3n) is 6.38. The number of amides is 2. The van der Waals surface area contributed by atoms with Crippen molar-refractivity contribution in [1.29, 1.82) is 0 Å². The van der Waals surface area contributed by atoms with Gasteiger partial charge in [0.2, 0.25) is 11.8 Å². The second-order valence-electron chi connectivity index (χ2n) is 9.91. The Hall–Kier alpha value is -3.05. The van der Waals surface area contributed by atoms with E-state index in [1.54, 1.807) is 18.8 Å². The van der Waals surface area contributed by atoms with E-state index in [1.165, 1.54) is 23.1 Å². The van der Waals surface area contributed by atoms with Gasteiger partial charge in [-0.1, -0.05) is 38.1 Å². The van der Waals surface area contributed by atoms with Crippen LogP contribution in [0.15, 0.2) is 39.6 Å². The first-order chi connectivity index (χ1) is 19.3. The van der Waals surface area contributed by atoms with Gasteiger partial charge in [0, 0.05) is 26.1 Å². The number of benzene rings is 1. The summed E-state index contributed by atoms with van der Waals surface area (Å²) in [4.78, 5) is 42.4. The summed E-state index contributed by atoms with van der Waals surface area (Å²) in [6.07, 6.45) is 4.33. The maximum atomic E-state index is 13.1. The van der Waals surface area contributed by atoms with Crippen LogP contribution in [0.3, 0.4) is 0 Å². The van der Waals surface area contributed by atoms with Crippen molar-refractivity contribution in [2.45, 2.75) is 64.1 Å². The molecule has 0 saturated carbocycles. The first kappa shape index (κ1) is 31.5. The van der Waals surface area contributed by atoms with Crippen molar-refractivity contribution in [3.05, 3.63) is 45.6 Å². The molecule has 0 fully saturated rings. The van der Waals surface area contributed by atoms with Crippen molar-refractivity contribution in [3.63, 3.8) is 0 Å². The third kappa shape index (κ3) is 9.55. The number of carbonyl (C=O) groups excluding carboxylic acids is 2. The zero-order chi connectivity index (χ0) is 28.9. The largest absolute Gasteiger partial charge is 0.493 e. The molecule has 0 unspecified atom stereocenters. The molecule has 0 saturated heterocycles. The van der Waals surface area contributed by atoms with Crippen LogP contribution in [0, 0.1) is 5.92 Å². The molecule has 2 aromatic heterocycles. The second kappa shape index (κ2) is 16.3. The van der Waals surface area contributed by atoms with Gasteiger partial charge in [-0.25, -0.2) is 4.98 Å². The number of nitrogens with one attached hydrogen (secondary N) is 2. The molecule has 0 bridgehead atoms. The van der Waals surface area contributed by atoms with Crippen molar-refractivity contribution in [1.82, 2.24) is 20.2 Å². The van der Waals surface area contributed by atoms with Gasteiger partial charge in [0.25, 0.3) is 5.56 Å². The minimum Gasteiger partial charge on any atom is -0.493 e. The lowest BCUT2D eigenvalue weighted by molar-refractivity contribution is -0.121. The van der Waals surface area contributed by atoms with Gasteiger partial charge in [0.1, 0.15) is 4.70 Å². The summed E-state index contributed by atoms with van der Waals surface area (Å²) < 4.78 is 12.9. The monoisotopic (exact) mass is 588 g/mol. The molecule has 2 amide bonds. The first-order valence-electron chi connectivity index (χ1n) is 13.7. The Morgan fingerprint density at radius 3 is 2.55 bits per heavy atom. The number of fused-ring (bicyclic) bond motifs is 1. The van der Waals surface area contributed by atoms with Crippen LogP contribution in [0.2, 0.25) is 0 Å². The highest BCUT2D eigenvalue weighted by atomic mass is 32.2. The van der Waals surface area contributed by atoms with Crippen LogP contribution in [-0.4, -0.2) is 54.4 Å². The number of hydrogen-bond donors (Lipinski definition) is 2. The quantitative estimate of drug-likeness (QED) is 0.134. The highest BCUT2D eigenvalue weighted by Crippen LogP contribution is 2.27. The van der Waals surface area contributed by atoms with Gasteiger partial charge in [-0.2, -0.15) is 0 Å². The lowest BCUT2D eigenvalue weighted by atomic mass is 10.1. The average Bonchev–Trinajstić information content (AvgIpc) is 3.41. The predicted molar refractivity (Wildman–Crippen MR) is 162 cm³/mol. The number of hydrogen-bond acceptors (Lipinski definition) is 8. The third-order valence-corrected chi connectivity index (χ3v) is 8.24. The topological polar surface area (TPSA) is 112 Å². The summed E-state index contributed by atoms with van der Waals surface area (Å²) in [5.74, 6) is 2.04. The number of rotatable bonds is 17. The Bertz CT molecular complexity index is 1320. The molecule has 0 aliphatic carbocycles. The zero-order valence-corrected chi connectivity index (χ0v) is 25.4. The summed E-state index contributed by atoms with van der Waals surface area (Å²) in [6.45, 7) is 5.92. The van der Waals surface area contributed by atoms with Gasteiger partial charge >= 0.3 is 0 Å². The van der Waals surface area contributed by atoms with Gasteiger partial charge in [0.15, 0.2) is 16.7 Å². The molecule has 0 spiro atoms. The number of nitrogens with zero attached hydrogens (tertiary/aromatic N) is 2. The summed E-state index contributed by atoms with van der Waals surface area (Å²) >= 11 is 2.67. The first-order valence-corrected chi connectivity index (χ1v) is 15.5. The Morgan fingerprint density at radius 1 is 1.02 bits per heavy atom. The fraction of sp³-hybridized carbons (Fsp3) is 0.517. The van der Waals surface area contributed by atoms with Crippen LogP contribution in [0.4, 0.5) is 0 Å². The van der Waals surface area contributed by atoms with E-state index in [2.05, 4.69) is 29.5 Å². The zero-order valence-electron chi connectivity index (χ0n) is 23.8. The van der Waals surface area contributed by atoms with E-state index >= 15 is 0 Å². The summed E-state index contributed by atoms with van der Waals surface area (Å²) in [6, 6.07) is 7.58. The number of thiophene rings is 1. The Balaban J connectivity index is 1.44. The van der Waals surface area contributed by atoms with Crippen molar-refractivity contribution in [2.24, 2.45) is 5.92 Å². The van der Waals surface area contributed by atoms with Gasteiger partial charge in [-0.05, 0) is 60.7 Å². The molecule has 2 heterocycles. The van der Waals surface area contributed by atoms with E-state index in [0.717, 1.165) is 31.2 Å². The van der Waals surface area contributed by atoms with Crippen LogP contribution in [0.5, 0.6) is 11.5 Å². The van der Waals surface area contributed by atoms with Crippen LogP contribution >= 0.6 is 23.1 Å². The molecule has 40 heavy (non-hydrogen) atoms. The Morgan fingerprint density at radius 2 is 1.80 bits per heavy atom. The molecule has 11 heteroatoms. The van der Waals surface area contributed by atoms with E-state index in [0.29, 0.717) is 65.3 Å². The molecule has 9 nitrogen and oxygen atoms in total. The number of carbonyl (C=O) groups is 2. The maximum absolute atomic E-state index is 13.1. The molecular weight excluding hydrogens is 548 g/mol. The van der Waals surface area contributed by atoms with Gasteiger partial charge < -0.3 is 20.1 Å². The number of thioether (sulfide) groups is 1. The lowest BCUT2D eigenvalue weighted by Crippen LogP contribution is -2.28. The number of methoxy groups -OCH3 is 2. The van der Waals surface area contributed by atoms with Gasteiger partial charge in [-0.3, -0.25) is 19.0 Å². The molecule has 0 aliphatic rings. The average molecular weight is 589 g/mol. The lowest BCUT2D eigenvalue weighted by Gasteiger charge is -2.12. The van der Waals surface area contributed by atoms with Gasteiger partial charge in [0.05, 0.1) is 25.5 Å². The molecule has 3 rings (SSSR count). The summed E-state index contributed by atoms with van der Waals surface area (Å²) in [5, 5.41) is 8.33. The smallest absolute Gasteiger partial charge is 0.272 e. The maximum Gasteiger partial charge on any atom is 0.272 e. The number of aromatic nitrogens is 2.